The minimum absolute atomic E-state index is 0.152. The number of nitrogens with zero attached hydrogens (tertiary/aromatic N) is 2. The van der Waals surface area contributed by atoms with Crippen LogP contribution >= 0.6 is 0 Å². The first-order valence-corrected chi connectivity index (χ1v) is 9.85. The smallest absolute Gasteiger partial charge is 0.126 e. The van der Waals surface area contributed by atoms with Gasteiger partial charge in [-0.1, -0.05) is 12.1 Å². The van der Waals surface area contributed by atoms with Gasteiger partial charge in [0.1, 0.15) is 11.6 Å². The lowest BCUT2D eigenvalue weighted by Crippen LogP contribution is -2.40. The zero-order valence-corrected chi connectivity index (χ0v) is 16.2. The highest BCUT2D eigenvalue weighted by atomic mass is 19.1. The molecule has 0 bridgehead atoms. The van der Waals surface area contributed by atoms with Crippen molar-refractivity contribution in [1.29, 1.82) is 5.26 Å². The van der Waals surface area contributed by atoms with Crippen LogP contribution in [0, 0.1) is 28.9 Å². The molecule has 2 aromatic carbocycles. The van der Waals surface area contributed by atoms with Crippen LogP contribution in [0.1, 0.15) is 42.4 Å². The second-order valence-electron chi connectivity index (χ2n) is 7.90. The van der Waals surface area contributed by atoms with Gasteiger partial charge >= 0.3 is 0 Å². The molecule has 0 aromatic heterocycles. The van der Waals surface area contributed by atoms with Gasteiger partial charge in [-0.05, 0) is 86.5 Å². The Morgan fingerprint density at radius 1 is 1.11 bits per heavy atom. The third-order valence-electron chi connectivity index (χ3n) is 5.95. The Balaban J connectivity index is 1.50. The Morgan fingerprint density at radius 3 is 2.43 bits per heavy atom. The van der Waals surface area contributed by atoms with Crippen molar-refractivity contribution in [2.24, 2.45) is 11.7 Å². The molecule has 0 saturated heterocycles. The lowest BCUT2D eigenvalue weighted by atomic mass is 9.79. The van der Waals surface area contributed by atoms with Crippen LogP contribution in [0.4, 0.5) is 8.78 Å². The highest BCUT2D eigenvalue weighted by Gasteiger charge is 2.28. The van der Waals surface area contributed by atoms with E-state index < -0.39 is 5.82 Å². The minimum Gasteiger partial charge on any atom is -0.327 e. The summed E-state index contributed by atoms with van der Waals surface area (Å²) < 4.78 is 27.2. The number of rotatable bonds is 6. The van der Waals surface area contributed by atoms with Gasteiger partial charge in [-0.25, -0.2) is 8.78 Å². The maximum atomic E-state index is 13.9. The van der Waals surface area contributed by atoms with Gasteiger partial charge in [0.2, 0.25) is 0 Å². The first-order chi connectivity index (χ1) is 13.5. The zero-order chi connectivity index (χ0) is 20.1. The number of benzene rings is 2. The summed E-state index contributed by atoms with van der Waals surface area (Å²) in [6, 6.07) is 13.8. The SMILES string of the molecule is CN(Cc1ccc(C#N)cc1)C1CCC([C@H](N)Cc2cc(F)ccc2F)CC1. The van der Waals surface area contributed by atoms with E-state index >= 15 is 0 Å². The van der Waals surface area contributed by atoms with Crippen LogP contribution in [-0.4, -0.2) is 24.0 Å². The fourth-order valence-corrected chi connectivity index (χ4v) is 4.19. The molecule has 0 unspecified atom stereocenters. The lowest BCUT2D eigenvalue weighted by molar-refractivity contribution is 0.149. The van der Waals surface area contributed by atoms with E-state index in [1.807, 2.05) is 24.3 Å². The van der Waals surface area contributed by atoms with E-state index in [1.165, 1.54) is 17.7 Å². The van der Waals surface area contributed by atoms with Gasteiger partial charge in [-0.15, -0.1) is 0 Å². The van der Waals surface area contributed by atoms with Crippen LogP contribution < -0.4 is 5.73 Å². The van der Waals surface area contributed by atoms with Gasteiger partial charge < -0.3 is 5.73 Å². The molecule has 1 fully saturated rings. The van der Waals surface area contributed by atoms with E-state index in [2.05, 4.69) is 18.0 Å². The van der Waals surface area contributed by atoms with Crippen molar-refractivity contribution in [3.63, 3.8) is 0 Å². The van der Waals surface area contributed by atoms with Crippen molar-refractivity contribution in [3.8, 4) is 6.07 Å². The standard InChI is InChI=1S/C23H27F2N3/c1-28(15-17-4-2-16(14-26)3-5-17)21-9-6-18(7-10-21)23(27)13-19-12-20(24)8-11-22(19)25/h2-5,8,11-12,18,21,23H,6-7,9-10,13,15,27H2,1H3/t18?,21?,23-/m1/s1. The Kier molecular flexibility index (Phi) is 6.77. The summed E-state index contributed by atoms with van der Waals surface area (Å²) in [5.74, 6) is -0.466. The quantitative estimate of drug-likeness (QED) is 0.805. The highest BCUT2D eigenvalue weighted by Crippen LogP contribution is 2.30. The monoisotopic (exact) mass is 383 g/mol. The van der Waals surface area contributed by atoms with E-state index in [0.29, 0.717) is 29.5 Å². The minimum atomic E-state index is -0.420. The first-order valence-electron chi connectivity index (χ1n) is 9.85. The van der Waals surface area contributed by atoms with E-state index in [1.54, 1.807) is 0 Å². The van der Waals surface area contributed by atoms with Crippen molar-refractivity contribution in [2.75, 3.05) is 7.05 Å². The Morgan fingerprint density at radius 2 is 1.79 bits per heavy atom. The van der Waals surface area contributed by atoms with Crippen LogP contribution in [0.5, 0.6) is 0 Å². The van der Waals surface area contributed by atoms with Crippen molar-refractivity contribution in [2.45, 2.75) is 50.7 Å². The second-order valence-corrected chi connectivity index (χ2v) is 7.90. The van der Waals surface area contributed by atoms with Crippen LogP contribution in [0.15, 0.2) is 42.5 Å². The molecule has 0 radical (unpaired) electrons. The van der Waals surface area contributed by atoms with Gasteiger partial charge in [0.25, 0.3) is 0 Å². The lowest BCUT2D eigenvalue weighted by Gasteiger charge is -2.37. The first kappa shape index (κ1) is 20.4. The largest absolute Gasteiger partial charge is 0.327 e. The third-order valence-corrected chi connectivity index (χ3v) is 5.95. The summed E-state index contributed by atoms with van der Waals surface area (Å²) in [6.45, 7) is 0.849. The summed E-state index contributed by atoms with van der Waals surface area (Å²) in [5, 5.41) is 8.90. The van der Waals surface area contributed by atoms with Gasteiger partial charge in [0.05, 0.1) is 11.6 Å². The number of hydrogen-bond acceptors (Lipinski definition) is 3. The van der Waals surface area contributed by atoms with Gasteiger partial charge in [-0.2, -0.15) is 5.26 Å². The topological polar surface area (TPSA) is 53.0 Å². The Labute approximate surface area is 165 Å². The Bertz CT molecular complexity index is 821. The molecule has 0 amide bonds. The molecule has 0 heterocycles. The third kappa shape index (κ3) is 5.15. The molecular weight excluding hydrogens is 356 g/mol. The van der Waals surface area contributed by atoms with Crippen molar-refractivity contribution >= 4 is 0 Å². The molecule has 5 heteroatoms. The summed E-state index contributed by atoms with van der Waals surface area (Å²) in [7, 11) is 2.13. The van der Waals surface area contributed by atoms with Gasteiger partial charge in [-0.3, -0.25) is 4.90 Å². The van der Waals surface area contributed by atoms with E-state index in [9.17, 15) is 8.78 Å². The average molecular weight is 383 g/mol. The molecule has 148 valence electrons. The molecular formula is C23H27F2N3. The number of nitrogens with two attached hydrogens (primary N) is 1. The molecule has 1 aliphatic rings. The molecule has 28 heavy (non-hydrogen) atoms. The Hall–Kier alpha value is -2.29. The molecule has 1 aliphatic carbocycles. The van der Waals surface area contributed by atoms with E-state index in [0.717, 1.165) is 38.3 Å². The highest BCUT2D eigenvalue weighted by molar-refractivity contribution is 5.31. The van der Waals surface area contributed by atoms with Crippen molar-refractivity contribution < 1.29 is 8.78 Å². The summed E-state index contributed by atoms with van der Waals surface area (Å²) >= 11 is 0. The van der Waals surface area contributed by atoms with Crippen molar-refractivity contribution in [1.82, 2.24) is 4.90 Å². The maximum absolute atomic E-state index is 13.9. The molecule has 3 rings (SSSR count). The molecule has 1 atom stereocenters. The zero-order valence-electron chi connectivity index (χ0n) is 16.2. The van der Waals surface area contributed by atoms with E-state index in [4.69, 9.17) is 11.0 Å². The summed E-state index contributed by atoms with van der Waals surface area (Å²) in [6.07, 6.45) is 4.48. The molecule has 2 aromatic rings. The van der Waals surface area contributed by atoms with Crippen LogP contribution in [0.25, 0.3) is 0 Å². The van der Waals surface area contributed by atoms with Gasteiger partial charge in [0, 0.05) is 18.6 Å². The van der Waals surface area contributed by atoms with Gasteiger partial charge in [0.15, 0.2) is 0 Å². The fourth-order valence-electron chi connectivity index (χ4n) is 4.19. The van der Waals surface area contributed by atoms with Crippen LogP contribution in [0.3, 0.4) is 0 Å². The molecule has 0 spiro atoms. The number of nitriles is 1. The summed E-state index contributed by atoms with van der Waals surface area (Å²) in [5.41, 5.74) is 8.58. The predicted octanol–water partition coefficient (Wildman–Crippen LogP) is 4.40. The normalized spacial score (nSPS) is 20.7. The molecule has 2 N–H and O–H groups in total. The second kappa shape index (κ2) is 9.27. The summed E-state index contributed by atoms with van der Waals surface area (Å²) in [4.78, 5) is 2.36. The van der Waals surface area contributed by atoms with Crippen molar-refractivity contribution in [3.05, 3.63) is 70.8 Å². The molecule has 3 nitrogen and oxygen atoms in total. The number of halogens is 2. The molecule has 1 saturated carbocycles. The fraction of sp³-hybridized carbons (Fsp3) is 0.435. The van der Waals surface area contributed by atoms with Crippen LogP contribution in [0.2, 0.25) is 0 Å². The van der Waals surface area contributed by atoms with Crippen LogP contribution in [-0.2, 0) is 13.0 Å². The number of hydrogen-bond donors (Lipinski definition) is 1. The predicted molar refractivity (Wildman–Crippen MR) is 106 cm³/mol. The molecule has 0 aliphatic heterocycles. The maximum Gasteiger partial charge on any atom is 0.126 e. The van der Waals surface area contributed by atoms with E-state index in [-0.39, 0.29) is 11.9 Å². The average Bonchev–Trinajstić information content (AvgIpc) is 2.71.